The number of carbonyl (C=O) groups excluding carboxylic acids is 2. The van der Waals surface area contributed by atoms with E-state index >= 15 is 0 Å². The van der Waals surface area contributed by atoms with Crippen LogP contribution in [0.1, 0.15) is 42.3 Å². The fourth-order valence-electron chi connectivity index (χ4n) is 2.59. The highest BCUT2D eigenvalue weighted by molar-refractivity contribution is 5.95. The molecule has 2 rings (SSSR count). The third-order valence-corrected chi connectivity index (χ3v) is 4.25. The number of hydrogen-bond donors (Lipinski definition) is 2. The highest BCUT2D eigenvalue weighted by Gasteiger charge is 2.16. The predicted octanol–water partition coefficient (Wildman–Crippen LogP) is 4.00. The maximum absolute atomic E-state index is 12.5. The maximum Gasteiger partial charge on any atom is 0.321 e. The minimum atomic E-state index is -0.245. The van der Waals surface area contributed by atoms with Gasteiger partial charge in [0.05, 0.1) is 12.2 Å². The quantitative estimate of drug-likeness (QED) is 0.817. The van der Waals surface area contributed by atoms with E-state index in [0.717, 1.165) is 23.2 Å². The van der Waals surface area contributed by atoms with Crippen molar-refractivity contribution in [3.63, 3.8) is 0 Å². The van der Waals surface area contributed by atoms with Crippen LogP contribution in [-0.2, 0) is 11.3 Å². The molecule has 1 aromatic carbocycles. The second-order valence-corrected chi connectivity index (χ2v) is 6.37. The Bertz CT molecular complexity index is 779. The number of nitrogens with zero attached hydrogens (tertiary/aromatic N) is 2. The van der Waals surface area contributed by atoms with Gasteiger partial charge in [0, 0.05) is 30.4 Å². The van der Waals surface area contributed by atoms with Crippen molar-refractivity contribution in [3.8, 4) is 0 Å². The van der Waals surface area contributed by atoms with Crippen LogP contribution in [0.5, 0.6) is 0 Å². The Morgan fingerprint density at radius 1 is 1.15 bits per heavy atom. The standard InChI is InChI=1S/C19H26N4O3/c1-6-8-18(24)20-16-9-7-10-17(12(16)2)21-19(25)23(5)11-15-13(3)22-26-14(15)4/h7,9-10H,6,8,11H2,1-5H3,(H,20,24)(H,21,25). The first-order valence-corrected chi connectivity index (χ1v) is 8.66. The molecule has 7 heteroatoms. The van der Waals surface area contributed by atoms with Crippen molar-refractivity contribution in [3.05, 3.63) is 40.8 Å². The lowest BCUT2D eigenvalue weighted by Gasteiger charge is -2.19. The third-order valence-electron chi connectivity index (χ3n) is 4.25. The van der Waals surface area contributed by atoms with E-state index in [9.17, 15) is 9.59 Å². The van der Waals surface area contributed by atoms with Crippen LogP contribution < -0.4 is 10.6 Å². The second kappa shape index (κ2) is 8.51. The lowest BCUT2D eigenvalue weighted by molar-refractivity contribution is -0.116. The molecule has 1 aromatic heterocycles. The molecule has 7 nitrogen and oxygen atoms in total. The van der Waals surface area contributed by atoms with Gasteiger partial charge in [-0.3, -0.25) is 4.79 Å². The molecule has 0 spiro atoms. The summed E-state index contributed by atoms with van der Waals surface area (Å²) in [4.78, 5) is 25.9. The highest BCUT2D eigenvalue weighted by Crippen LogP contribution is 2.24. The normalized spacial score (nSPS) is 10.5. The molecule has 0 saturated heterocycles. The fourth-order valence-corrected chi connectivity index (χ4v) is 2.59. The summed E-state index contributed by atoms with van der Waals surface area (Å²) in [5.74, 6) is 0.675. The smallest absolute Gasteiger partial charge is 0.321 e. The number of aryl methyl sites for hydroxylation is 2. The SMILES string of the molecule is CCCC(=O)Nc1cccc(NC(=O)N(C)Cc2c(C)noc2C)c1C. The zero-order chi connectivity index (χ0) is 19.3. The summed E-state index contributed by atoms with van der Waals surface area (Å²) in [5, 5.41) is 9.68. The fraction of sp³-hybridized carbons (Fsp3) is 0.421. The minimum Gasteiger partial charge on any atom is -0.361 e. The van der Waals surface area contributed by atoms with Crippen LogP contribution in [0.15, 0.2) is 22.7 Å². The Hall–Kier alpha value is -2.83. The molecule has 2 N–H and O–H groups in total. The first kappa shape index (κ1) is 19.5. The molecule has 3 amide bonds. The zero-order valence-corrected chi connectivity index (χ0v) is 16.0. The summed E-state index contributed by atoms with van der Waals surface area (Å²) in [7, 11) is 1.71. The minimum absolute atomic E-state index is 0.0328. The van der Waals surface area contributed by atoms with E-state index in [1.807, 2.05) is 39.8 Å². The van der Waals surface area contributed by atoms with Gasteiger partial charge >= 0.3 is 6.03 Å². The molecule has 0 aliphatic rings. The van der Waals surface area contributed by atoms with Crippen molar-refractivity contribution >= 4 is 23.3 Å². The molecule has 0 radical (unpaired) electrons. The maximum atomic E-state index is 12.5. The molecule has 0 unspecified atom stereocenters. The van der Waals surface area contributed by atoms with Crippen LogP contribution in [0.4, 0.5) is 16.2 Å². The van der Waals surface area contributed by atoms with Crippen LogP contribution in [0.3, 0.4) is 0 Å². The summed E-state index contributed by atoms with van der Waals surface area (Å²) >= 11 is 0. The number of benzene rings is 1. The Morgan fingerprint density at radius 2 is 1.81 bits per heavy atom. The van der Waals surface area contributed by atoms with E-state index in [1.54, 1.807) is 18.0 Å². The van der Waals surface area contributed by atoms with Crippen molar-refractivity contribution in [2.75, 3.05) is 17.7 Å². The largest absolute Gasteiger partial charge is 0.361 e. The number of hydrogen-bond acceptors (Lipinski definition) is 4. The number of carbonyl (C=O) groups is 2. The Balaban J connectivity index is 2.07. The van der Waals surface area contributed by atoms with Crippen molar-refractivity contribution < 1.29 is 14.1 Å². The van der Waals surface area contributed by atoms with E-state index in [-0.39, 0.29) is 11.9 Å². The van der Waals surface area contributed by atoms with Gasteiger partial charge in [0.1, 0.15) is 5.76 Å². The van der Waals surface area contributed by atoms with Gasteiger partial charge < -0.3 is 20.1 Å². The van der Waals surface area contributed by atoms with Crippen LogP contribution in [0, 0.1) is 20.8 Å². The van der Waals surface area contributed by atoms with Crippen LogP contribution >= 0.6 is 0 Å². The lowest BCUT2D eigenvalue weighted by atomic mass is 10.1. The van der Waals surface area contributed by atoms with Crippen molar-refractivity contribution in [2.24, 2.45) is 0 Å². The summed E-state index contributed by atoms with van der Waals surface area (Å²) in [5.41, 5.74) is 3.86. The molecule has 0 fully saturated rings. The van der Waals surface area contributed by atoms with Gasteiger partial charge in [0.25, 0.3) is 0 Å². The molecule has 0 aliphatic heterocycles. The van der Waals surface area contributed by atoms with Gasteiger partial charge in [-0.15, -0.1) is 0 Å². The van der Waals surface area contributed by atoms with Gasteiger partial charge in [-0.25, -0.2) is 4.79 Å². The number of rotatable bonds is 6. The molecule has 0 aliphatic carbocycles. The molecule has 140 valence electrons. The van der Waals surface area contributed by atoms with Gasteiger partial charge in [0.2, 0.25) is 5.91 Å². The van der Waals surface area contributed by atoms with Gasteiger partial charge in [-0.2, -0.15) is 0 Å². The number of anilines is 2. The number of nitrogens with one attached hydrogen (secondary N) is 2. The Kier molecular flexibility index (Phi) is 6.38. The summed E-state index contributed by atoms with van der Waals surface area (Å²) in [6, 6.07) is 5.20. The highest BCUT2D eigenvalue weighted by atomic mass is 16.5. The van der Waals surface area contributed by atoms with Crippen LogP contribution in [-0.4, -0.2) is 29.0 Å². The third kappa shape index (κ3) is 4.62. The van der Waals surface area contributed by atoms with E-state index in [0.29, 0.717) is 30.1 Å². The molecular formula is C19H26N4O3. The van der Waals surface area contributed by atoms with Crippen molar-refractivity contribution in [2.45, 2.75) is 47.1 Å². The predicted molar refractivity (Wildman–Crippen MR) is 101 cm³/mol. The van der Waals surface area contributed by atoms with E-state index < -0.39 is 0 Å². The summed E-state index contributed by atoms with van der Waals surface area (Å²) in [6.45, 7) is 7.90. The molecule has 0 atom stereocenters. The molecule has 0 bridgehead atoms. The Labute approximate surface area is 153 Å². The molecular weight excluding hydrogens is 332 g/mol. The number of urea groups is 1. The lowest BCUT2D eigenvalue weighted by Crippen LogP contribution is -2.31. The van der Waals surface area contributed by atoms with E-state index in [1.165, 1.54) is 0 Å². The van der Waals surface area contributed by atoms with Crippen LogP contribution in [0.25, 0.3) is 0 Å². The van der Waals surface area contributed by atoms with Gasteiger partial charge in [-0.1, -0.05) is 18.1 Å². The first-order valence-electron chi connectivity index (χ1n) is 8.66. The Morgan fingerprint density at radius 3 is 2.38 bits per heavy atom. The number of amides is 3. The molecule has 1 heterocycles. The molecule has 2 aromatic rings. The second-order valence-electron chi connectivity index (χ2n) is 6.37. The van der Waals surface area contributed by atoms with Gasteiger partial charge in [0.15, 0.2) is 0 Å². The average molecular weight is 358 g/mol. The van der Waals surface area contributed by atoms with Crippen LogP contribution in [0.2, 0.25) is 0 Å². The van der Waals surface area contributed by atoms with E-state index in [4.69, 9.17) is 4.52 Å². The topological polar surface area (TPSA) is 87.5 Å². The van der Waals surface area contributed by atoms with Crippen molar-refractivity contribution in [1.29, 1.82) is 0 Å². The van der Waals surface area contributed by atoms with Crippen molar-refractivity contribution in [1.82, 2.24) is 10.1 Å². The number of aromatic nitrogens is 1. The first-order chi connectivity index (χ1) is 12.3. The van der Waals surface area contributed by atoms with Gasteiger partial charge in [-0.05, 0) is 44.9 Å². The molecule has 26 heavy (non-hydrogen) atoms. The summed E-state index contributed by atoms with van der Waals surface area (Å²) in [6.07, 6.45) is 1.25. The monoisotopic (exact) mass is 358 g/mol. The zero-order valence-electron chi connectivity index (χ0n) is 16.0. The molecule has 0 saturated carbocycles. The summed E-state index contributed by atoms with van der Waals surface area (Å²) < 4.78 is 5.14. The average Bonchev–Trinajstić information content (AvgIpc) is 2.90. The van der Waals surface area contributed by atoms with E-state index in [2.05, 4.69) is 15.8 Å².